The maximum Gasteiger partial charge on any atom is 0.184 e. The number of benzene rings is 1. The van der Waals surface area contributed by atoms with E-state index >= 15 is 0 Å². The van der Waals surface area contributed by atoms with Gasteiger partial charge in [-0.05, 0) is 25.0 Å². The van der Waals surface area contributed by atoms with Gasteiger partial charge in [0.15, 0.2) is 5.13 Å². The molecule has 1 aromatic heterocycles. The van der Waals surface area contributed by atoms with Crippen molar-refractivity contribution < 1.29 is 5.11 Å². The Kier molecular flexibility index (Phi) is 2.99. The van der Waals surface area contributed by atoms with E-state index in [9.17, 15) is 5.11 Å². The first-order chi connectivity index (χ1) is 8.33. The third kappa shape index (κ3) is 2.28. The van der Waals surface area contributed by atoms with Gasteiger partial charge < -0.3 is 10.4 Å². The van der Waals surface area contributed by atoms with E-state index in [1.807, 2.05) is 18.2 Å². The predicted octanol–water partition coefficient (Wildman–Crippen LogP) is 3.01. The molecular weight excluding hydrogens is 232 g/mol. The Morgan fingerprint density at radius 1 is 1.24 bits per heavy atom. The second-order valence-electron chi connectivity index (χ2n) is 4.59. The molecule has 0 unspecified atom stereocenters. The Labute approximate surface area is 105 Å². The van der Waals surface area contributed by atoms with Gasteiger partial charge in [-0.2, -0.15) is 0 Å². The van der Waals surface area contributed by atoms with Gasteiger partial charge in [0.2, 0.25) is 0 Å². The fourth-order valence-electron chi connectivity index (χ4n) is 2.37. The third-order valence-corrected chi connectivity index (χ3v) is 4.30. The minimum atomic E-state index is -0.226. The van der Waals surface area contributed by atoms with Gasteiger partial charge in [0.25, 0.3) is 0 Å². The van der Waals surface area contributed by atoms with Crippen LogP contribution in [0.5, 0.6) is 0 Å². The topological polar surface area (TPSA) is 45.1 Å². The molecule has 3 rings (SSSR count). The molecule has 0 aliphatic heterocycles. The van der Waals surface area contributed by atoms with Crippen molar-refractivity contribution in [2.24, 2.45) is 0 Å². The molecule has 0 radical (unpaired) electrons. The van der Waals surface area contributed by atoms with Crippen LogP contribution in [0.3, 0.4) is 0 Å². The van der Waals surface area contributed by atoms with Gasteiger partial charge in [-0.3, -0.25) is 0 Å². The summed E-state index contributed by atoms with van der Waals surface area (Å²) in [5.41, 5.74) is 1.03. The summed E-state index contributed by atoms with van der Waals surface area (Å²) in [6.45, 7) is 0. The number of rotatable bonds is 2. The number of anilines is 1. The second-order valence-corrected chi connectivity index (χ2v) is 5.62. The summed E-state index contributed by atoms with van der Waals surface area (Å²) in [6.07, 6.45) is 4.05. The number of aliphatic hydroxyl groups is 1. The van der Waals surface area contributed by atoms with Crippen molar-refractivity contribution in [3.63, 3.8) is 0 Å². The molecule has 4 heteroatoms. The van der Waals surface area contributed by atoms with Crippen molar-refractivity contribution in [3.05, 3.63) is 24.3 Å². The molecule has 1 aliphatic carbocycles. The Morgan fingerprint density at radius 2 is 2.06 bits per heavy atom. The summed E-state index contributed by atoms with van der Waals surface area (Å²) in [6, 6.07) is 8.30. The van der Waals surface area contributed by atoms with E-state index < -0.39 is 0 Å². The van der Waals surface area contributed by atoms with Crippen LogP contribution in [0.4, 0.5) is 5.13 Å². The lowest BCUT2D eigenvalue weighted by atomic mass is 9.93. The zero-order valence-electron chi connectivity index (χ0n) is 9.60. The number of hydrogen-bond acceptors (Lipinski definition) is 4. The first-order valence-electron chi connectivity index (χ1n) is 6.13. The fourth-order valence-corrected chi connectivity index (χ4v) is 3.30. The van der Waals surface area contributed by atoms with E-state index in [0.29, 0.717) is 0 Å². The number of fused-ring (bicyclic) bond motifs is 1. The average molecular weight is 248 g/mol. The van der Waals surface area contributed by atoms with Crippen molar-refractivity contribution in [3.8, 4) is 0 Å². The van der Waals surface area contributed by atoms with Crippen molar-refractivity contribution >= 4 is 26.7 Å². The molecule has 1 aliphatic rings. The molecule has 2 N–H and O–H groups in total. The van der Waals surface area contributed by atoms with Crippen LogP contribution in [-0.4, -0.2) is 22.2 Å². The summed E-state index contributed by atoms with van der Waals surface area (Å²) >= 11 is 1.66. The lowest BCUT2D eigenvalue weighted by Gasteiger charge is -2.27. The summed E-state index contributed by atoms with van der Waals surface area (Å²) < 4.78 is 1.19. The van der Waals surface area contributed by atoms with Gasteiger partial charge in [-0.1, -0.05) is 36.3 Å². The van der Waals surface area contributed by atoms with Gasteiger partial charge in [0.1, 0.15) is 0 Å². The number of nitrogens with zero attached hydrogens (tertiary/aromatic N) is 1. The first kappa shape index (κ1) is 11.0. The van der Waals surface area contributed by atoms with Crippen LogP contribution in [0.2, 0.25) is 0 Å². The van der Waals surface area contributed by atoms with E-state index in [0.717, 1.165) is 29.9 Å². The first-order valence-corrected chi connectivity index (χ1v) is 6.95. The number of hydrogen-bond donors (Lipinski definition) is 2. The second kappa shape index (κ2) is 4.63. The number of aromatic nitrogens is 1. The van der Waals surface area contributed by atoms with Gasteiger partial charge in [-0.25, -0.2) is 4.98 Å². The maximum atomic E-state index is 9.92. The molecule has 17 heavy (non-hydrogen) atoms. The van der Waals surface area contributed by atoms with E-state index in [4.69, 9.17) is 0 Å². The molecule has 2 atom stereocenters. The smallest absolute Gasteiger partial charge is 0.184 e. The Bertz CT molecular complexity index is 478. The normalized spacial score (nSPS) is 25.0. The predicted molar refractivity (Wildman–Crippen MR) is 71.5 cm³/mol. The van der Waals surface area contributed by atoms with Crippen LogP contribution in [-0.2, 0) is 0 Å². The van der Waals surface area contributed by atoms with Crippen LogP contribution in [0.1, 0.15) is 25.7 Å². The number of nitrogens with one attached hydrogen (secondary N) is 1. The van der Waals surface area contributed by atoms with Crippen LogP contribution >= 0.6 is 11.3 Å². The van der Waals surface area contributed by atoms with Crippen LogP contribution in [0.15, 0.2) is 24.3 Å². The highest BCUT2D eigenvalue weighted by Gasteiger charge is 2.23. The van der Waals surface area contributed by atoms with Gasteiger partial charge >= 0.3 is 0 Å². The van der Waals surface area contributed by atoms with Gasteiger partial charge in [0.05, 0.1) is 22.4 Å². The molecule has 1 fully saturated rings. The zero-order valence-corrected chi connectivity index (χ0v) is 10.4. The molecule has 2 aromatic rings. The standard InChI is InChI=1S/C13H16N2OS/c16-11-7-3-1-5-9(11)14-13-15-10-6-2-4-8-12(10)17-13/h2,4,6,8-9,11,16H,1,3,5,7H2,(H,14,15)/t9-,11+/m0/s1. The number of thiazole rings is 1. The van der Waals surface area contributed by atoms with Crippen molar-refractivity contribution in [1.29, 1.82) is 0 Å². The molecular formula is C13H16N2OS. The molecule has 1 heterocycles. The van der Waals surface area contributed by atoms with E-state index in [1.54, 1.807) is 11.3 Å². The number of para-hydroxylation sites is 1. The van der Waals surface area contributed by atoms with Crippen LogP contribution in [0.25, 0.3) is 10.2 Å². The Morgan fingerprint density at radius 3 is 2.88 bits per heavy atom. The monoisotopic (exact) mass is 248 g/mol. The molecule has 0 bridgehead atoms. The average Bonchev–Trinajstić information content (AvgIpc) is 2.74. The minimum Gasteiger partial charge on any atom is -0.391 e. The molecule has 1 aromatic carbocycles. The highest BCUT2D eigenvalue weighted by Crippen LogP contribution is 2.28. The summed E-state index contributed by atoms with van der Waals surface area (Å²) in [4.78, 5) is 4.54. The molecule has 0 spiro atoms. The van der Waals surface area contributed by atoms with E-state index in [-0.39, 0.29) is 12.1 Å². The molecule has 90 valence electrons. The van der Waals surface area contributed by atoms with Crippen molar-refractivity contribution in [2.45, 2.75) is 37.8 Å². The highest BCUT2D eigenvalue weighted by atomic mass is 32.1. The van der Waals surface area contributed by atoms with Crippen LogP contribution < -0.4 is 5.32 Å². The van der Waals surface area contributed by atoms with Gasteiger partial charge in [0, 0.05) is 0 Å². The lowest BCUT2D eigenvalue weighted by molar-refractivity contribution is 0.116. The molecule has 0 amide bonds. The third-order valence-electron chi connectivity index (χ3n) is 3.33. The van der Waals surface area contributed by atoms with Crippen LogP contribution in [0, 0.1) is 0 Å². The molecule has 0 saturated heterocycles. The Hall–Kier alpha value is -1.13. The largest absolute Gasteiger partial charge is 0.391 e. The maximum absolute atomic E-state index is 9.92. The van der Waals surface area contributed by atoms with Crippen molar-refractivity contribution in [2.75, 3.05) is 5.32 Å². The summed E-state index contributed by atoms with van der Waals surface area (Å²) in [5, 5.41) is 14.2. The quantitative estimate of drug-likeness (QED) is 0.858. The van der Waals surface area contributed by atoms with Gasteiger partial charge in [-0.15, -0.1) is 0 Å². The number of aliphatic hydroxyl groups excluding tert-OH is 1. The molecule has 3 nitrogen and oxygen atoms in total. The van der Waals surface area contributed by atoms with E-state index in [2.05, 4.69) is 16.4 Å². The van der Waals surface area contributed by atoms with Crippen molar-refractivity contribution in [1.82, 2.24) is 4.98 Å². The Balaban J connectivity index is 1.79. The SMILES string of the molecule is O[C@@H]1CCCC[C@@H]1Nc1nc2ccccc2s1. The zero-order chi connectivity index (χ0) is 11.7. The lowest BCUT2D eigenvalue weighted by Crippen LogP contribution is -2.36. The minimum absolute atomic E-state index is 0.171. The molecule has 1 saturated carbocycles. The highest BCUT2D eigenvalue weighted by molar-refractivity contribution is 7.22. The summed E-state index contributed by atoms with van der Waals surface area (Å²) in [5.74, 6) is 0. The fraction of sp³-hybridized carbons (Fsp3) is 0.462. The van der Waals surface area contributed by atoms with E-state index in [1.165, 1.54) is 11.1 Å². The summed E-state index contributed by atoms with van der Waals surface area (Å²) in [7, 11) is 0.